The number of hydrogen-bond acceptors (Lipinski definition) is 4. The molecule has 0 N–H and O–H groups in total. The number of nitro groups is 1. The van der Waals surface area contributed by atoms with E-state index in [0.717, 1.165) is 5.56 Å². The standard InChI is InChI=1S/C16H17NO4/c1-16(2)8-11(18)14-12(9-16)21-15(17(19)20)13(14)10-6-4-3-5-7-10/h3-7,13,15H,8-9H2,1-2H3/t13-,15+/m0/s1. The van der Waals surface area contributed by atoms with E-state index in [0.29, 0.717) is 24.2 Å². The monoisotopic (exact) mass is 287 g/mol. The normalized spacial score (nSPS) is 27.2. The van der Waals surface area contributed by atoms with Crippen LogP contribution in [0.2, 0.25) is 0 Å². The van der Waals surface area contributed by atoms with Gasteiger partial charge >= 0.3 is 6.23 Å². The molecule has 0 radical (unpaired) electrons. The third-order valence-electron chi connectivity index (χ3n) is 4.10. The Balaban J connectivity index is 2.08. The quantitative estimate of drug-likeness (QED) is 0.619. The van der Waals surface area contributed by atoms with Crippen LogP contribution in [0.15, 0.2) is 41.7 Å². The van der Waals surface area contributed by atoms with Crippen LogP contribution in [0.5, 0.6) is 0 Å². The van der Waals surface area contributed by atoms with Crippen molar-refractivity contribution in [3.05, 3.63) is 57.3 Å². The summed E-state index contributed by atoms with van der Waals surface area (Å²) in [6.07, 6.45) is -0.222. The van der Waals surface area contributed by atoms with E-state index >= 15 is 0 Å². The summed E-state index contributed by atoms with van der Waals surface area (Å²) < 4.78 is 5.56. The summed E-state index contributed by atoms with van der Waals surface area (Å²) >= 11 is 0. The maximum absolute atomic E-state index is 12.5. The fraction of sp³-hybridized carbons (Fsp3) is 0.438. The van der Waals surface area contributed by atoms with E-state index in [4.69, 9.17) is 4.74 Å². The van der Waals surface area contributed by atoms with E-state index in [-0.39, 0.29) is 11.2 Å². The molecule has 0 saturated heterocycles. The van der Waals surface area contributed by atoms with Crippen LogP contribution in [-0.2, 0) is 9.53 Å². The zero-order chi connectivity index (χ0) is 15.2. The Morgan fingerprint density at radius 2 is 1.90 bits per heavy atom. The molecule has 0 aromatic heterocycles. The molecule has 0 amide bonds. The van der Waals surface area contributed by atoms with Gasteiger partial charge < -0.3 is 4.74 Å². The highest BCUT2D eigenvalue weighted by Gasteiger charge is 2.51. The van der Waals surface area contributed by atoms with Crippen LogP contribution in [0.3, 0.4) is 0 Å². The SMILES string of the molecule is CC1(C)CC(=O)C2=C(C1)O[C@@H]([N+](=O)[O-])[C@H]2c1ccccc1. The third kappa shape index (κ3) is 2.33. The van der Waals surface area contributed by atoms with Crippen molar-refractivity contribution >= 4 is 5.78 Å². The van der Waals surface area contributed by atoms with Gasteiger partial charge in [0.15, 0.2) is 5.78 Å². The number of rotatable bonds is 2. The molecule has 1 aliphatic heterocycles. The number of benzene rings is 1. The lowest BCUT2D eigenvalue weighted by Crippen LogP contribution is -2.28. The average Bonchev–Trinajstić information content (AvgIpc) is 2.77. The first-order valence-corrected chi connectivity index (χ1v) is 7.00. The van der Waals surface area contributed by atoms with Gasteiger partial charge in [-0.25, -0.2) is 0 Å². The number of carbonyl (C=O) groups excluding carboxylic acids is 1. The molecular formula is C16H17NO4. The van der Waals surface area contributed by atoms with Gasteiger partial charge in [0.05, 0.1) is 10.5 Å². The topological polar surface area (TPSA) is 69.4 Å². The molecule has 0 bridgehead atoms. The van der Waals surface area contributed by atoms with E-state index in [2.05, 4.69) is 0 Å². The molecule has 0 unspecified atom stereocenters. The first-order valence-electron chi connectivity index (χ1n) is 7.00. The first kappa shape index (κ1) is 13.8. The van der Waals surface area contributed by atoms with Crippen molar-refractivity contribution in [2.24, 2.45) is 5.41 Å². The zero-order valence-corrected chi connectivity index (χ0v) is 12.0. The Morgan fingerprint density at radius 3 is 2.52 bits per heavy atom. The number of carbonyl (C=O) groups is 1. The Hall–Kier alpha value is -2.17. The second-order valence-corrected chi connectivity index (χ2v) is 6.46. The lowest BCUT2D eigenvalue weighted by Gasteiger charge is -2.28. The summed E-state index contributed by atoms with van der Waals surface area (Å²) in [6.45, 7) is 3.96. The van der Waals surface area contributed by atoms with Gasteiger partial charge in [-0.15, -0.1) is 0 Å². The maximum atomic E-state index is 12.5. The average molecular weight is 287 g/mol. The number of Topliss-reactive ketones (excluding diaryl/α,β-unsaturated/α-hetero) is 1. The highest BCUT2D eigenvalue weighted by molar-refractivity contribution is 5.99. The predicted molar refractivity (Wildman–Crippen MR) is 76.1 cm³/mol. The first-order chi connectivity index (χ1) is 9.89. The Morgan fingerprint density at radius 1 is 1.24 bits per heavy atom. The van der Waals surface area contributed by atoms with Crippen LogP contribution < -0.4 is 0 Å². The van der Waals surface area contributed by atoms with Crippen molar-refractivity contribution in [3.8, 4) is 0 Å². The van der Waals surface area contributed by atoms with E-state index in [1.807, 2.05) is 44.2 Å². The molecule has 0 spiro atoms. The molecule has 1 aromatic carbocycles. The van der Waals surface area contributed by atoms with Crippen LogP contribution in [0.1, 0.15) is 38.2 Å². The summed E-state index contributed by atoms with van der Waals surface area (Å²) in [5.74, 6) is -0.119. The van der Waals surface area contributed by atoms with E-state index in [1.54, 1.807) is 0 Å². The minimum atomic E-state index is -1.20. The fourth-order valence-corrected chi connectivity index (χ4v) is 3.24. The lowest BCUT2D eigenvalue weighted by molar-refractivity contribution is -0.570. The van der Waals surface area contributed by atoms with Gasteiger partial charge in [0, 0.05) is 12.8 Å². The molecular weight excluding hydrogens is 270 g/mol. The number of ketones is 1. The Bertz CT molecular complexity index is 633. The van der Waals surface area contributed by atoms with Crippen LogP contribution in [0.25, 0.3) is 0 Å². The largest absolute Gasteiger partial charge is 0.433 e. The summed E-state index contributed by atoms with van der Waals surface area (Å²) in [6, 6.07) is 9.12. The lowest BCUT2D eigenvalue weighted by atomic mass is 9.73. The van der Waals surface area contributed by atoms with Gasteiger partial charge in [0.2, 0.25) is 0 Å². The number of hydrogen-bond donors (Lipinski definition) is 0. The number of allylic oxidation sites excluding steroid dienone is 1. The molecule has 1 aromatic rings. The summed E-state index contributed by atoms with van der Waals surface area (Å²) in [7, 11) is 0. The second kappa shape index (κ2) is 4.69. The molecule has 5 nitrogen and oxygen atoms in total. The van der Waals surface area contributed by atoms with Crippen LogP contribution >= 0.6 is 0 Å². The van der Waals surface area contributed by atoms with Gasteiger partial charge in [-0.05, 0) is 11.0 Å². The van der Waals surface area contributed by atoms with E-state index in [1.165, 1.54) is 0 Å². The molecule has 2 atom stereocenters. The van der Waals surface area contributed by atoms with Crippen LogP contribution in [-0.4, -0.2) is 16.9 Å². The van der Waals surface area contributed by atoms with Crippen molar-refractivity contribution in [1.29, 1.82) is 0 Å². The fourth-order valence-electron chi connectivity index (χ4n) is 3.24. The summed E-state index contributed by atoms with van der Waals surface area (Å²) in [5, 5.41) is 11.3. The molecule has 110 valence electrons. The van der Waals surface area contributed by atoms with Crippen molar-refractivity contribution in [1.82, 2.24) is 0 Å². The van der Waals surface area contributed by atoms with Gasteiger partial charge in [0.25, 0.3) is 0 Å². The molecule has 3 rings (SSSR count). The highest BCUT2D eigenvalue weighted by Crippen LogP contribution is 2.48. The predicted octanol–water partition coefficient (Wildman–Crippen LogP) is 3.05. The Labute approximate surface area is 122 Å². The number of ether oxygens (including phenoxy) is 1. The maximum Gasteiger partial charge on any atom is 0.364 e. The summed E-state index contributed by atoms with van der Waals surface area (Å²) in [5.41, 5.74) is 1.06. The van der Waals surface area contributed by atoms with Crippen LogP contribution in [0, 0.1) is 15.5 Å². The Kier molecular flexibility index (Phi) is 3.08. The van der Waals surface area contributed by atoms with Crippen molar-refractivity contribution < 1.29 is 14.5 Å². The van der Waals surface area contributed by atoms with E-state index < -0.39 is 17.1 Å². The summed E-state index contributed by atoms with van der Waals surface area (Å²) in [4.78, 5) is 23.4. The van der Waals surface area contributed by atoms with Crippen molar-refractivity contribution in [2.45, 2.75) is 38.8 Å². The molecule has 0 fully saturated rings. The molecule has 1 aliphatic carbocycles. The molecule has 21 heavy (non-hydrogen) atoms. The highest BCUT2D eigenvalue weighted by atomic mass is 16.7. The molecule has 0 saturated carbocycles. The smallest absolute Gasteiger partial charge is 0.364 e. The van der Waals surface area contributed by atoms with Crippen molar-refractivity contribution in [3.63, 3.8) is 0 Å². The van der Waals surface area contributed by atoms with Gasteiger partial charge in [-0.3, -0.25) is 14.9 Å². The second-order valence-electron chi connectivity index (χ2n) is 6.46. The van der Waals surface area contributed by atoms with Crippen LogP contribution in [0.4, 0.5) is 0 Å². The van der Waals surface area contributed by atoms with Gasteiger partial charge in [-0.1, -0.05) is 44.2 Å². The third-order valence-corrected chi connectivity index (χ3v) is 4.10. The molecule has 1 heterocycles. The van der Waals surface area contributed by atoms with E-state index in [9.17, 15) is 14.9 Å². The zero-order valence-electron chi connectivity index (χ0n) is 12.0. The molecule has 2 aliphatic rings. The minimum absolute atomic E-state index is 0.0283. The minimum Gasteiger partial charge on any atom is -0.433 e. The van der Waals surface area contributed by atoms with Gasteiger partial charge in [-0.2, -0.15) is 0 Å². The number of nitrogens with zero attached hydrogens (tertiary/aromatic N) is 1. The molecule has 5 heteroatoms. The van der Waals surface area contributed by atoms with Crippen molar-refractivity contribution in [2.75, 3.05) is 0 Å². The van der Waals surface area contributed by atoms with Gasteiger partial charge in [0.1, 0.15) is 11.7 Å².